The molecule has 0 bridgehead atoms. The first-order valence-corrected chi connectivity index (χ1v) is 13.0. The zero-order valence-electron chi connectivity index (χ0n) is 20.8. The number of anilines is 1. The molecular formula is C25H26FN6O5P. The Balaban J connectivity index is 1.74. The van der Waals surface area contributed by atoms with Gasteiger partial charge < -0.3 is 24.6 Å². The van der Waals surface area contributed by atoms with E-state index in [9.17, 15) is 23.5 Å². The van der Waals surface area contributed by atoms with Crippen LogP contribution in [0.4, 0.5) is 10.1 Å². The fourth-order valence-electron chi connectivity index (χ4n) is 3.84. The summed E-state index contributed by atoms with van der Waals surface area (Å²) in [6.07, 6.45) is 9.74. The smallest absolute Gasteiger partial charge is 0.321 e. The number of amides is 1. The fraction of sp³-hybridized carbons (Fsp3) is 0.200. The van der Waals surface area contributed by atoms with E-state index in [0.717, 1.165) is 0 Å². The second kappa shape index (κ2) is 11.3. The van der Waals surface area contributed by atoms with Crippen molar-refractivity contribution in [1.29, 1.82) is 0 Å². The Morgan fingerprint density at radius 3 is 2.66 bits per heavy atom. The van der Waals surface area contributed by atoms with E-state index in [-0.39, 0.29) is 5.91 Å². The third kappa shape index (κ3) is 6.74. The molecule has 0 fully saturated rings. The molecule has 198 valence electrons. The number of nitrogens with one attached hydrogen (secondary N) is 1. The number of nitrogens with zero attached hydrogens (tertiary/aromatic N) is 5. The molecule has 1 unspecified atom stereocenters. The second-order valence-electron chi connectivity index (χ2n) is 8.72. The molecule has 0 aliphatic carbocycles. The third-order valence-electron chi connectivity index (χ3n) is 5.47. The Bertz CT molecular complexity index is 1550. The summed E-state index contributed by atoms with van der Waals surface area (Å²) in [5, 5.41) is 3.36. The topological polar surface area (TPSA) is 143 Å². The van der Waals surface area contributed by atoms with Gasteiger partial charge in [0.1, 0.15) is 11.9 Å². The van der Waals surface area contributed by atoms with Crippen LogP contribution in [0.5, 0.6) is 0 Å². The second-order valence-corrected chi connectivity index (χ2v) is 9.92. The molecule has 0 saturated heterocycles. The molecule has 38 heavy (non-hydrogen) atoms. The van der Waals surface area contributed by atoms with E-state index in [4.69, 9.17) is 4.52 Å². The number of rotatable bonds is 9. The zero-order chi connectivity index (χ0) is 27.4. The van der Waals surface area contributed by atoms with Crippen molar-refractivity contribution < 1.29 is 28.1 Å². The van der Waals surface area contributed by atoms with Crippen LogP contribution in [0.25, 0.3) is 33.3 Å². The molecule has 4 aromatic heterocycles. The van der Waals surface area contributed by atoms with E-state index in [1.807, 2.05) is 19.0 Å². The molecule has 4 heterocycles. The molecule has 0 spiro atoms. The van der Waals surface area contributed by atoms with Gasteiger partial charge in [-0.3, -0.25) is 14.3 Å². The number of carbonyl (C=O) groups excluding carboxylic acids is 1. The maximum absolute atomic E-state index is 13.9. The van der Waals surface area contributed by atoms with Crippen LogP contribution in [-0.2, 0) is 13.9 Å². The van der Waals surface area contributed by atoms with Crippen LogP contribution in [0.1, 0.15) is 13.2 Å². The Hall–Kier alpha value is -3.80. The molecule has 1 atom stereocenters. The molecule has 0 aliphatic heterocycles. The number of aromatic nitrogens is 4. The summed E-state index contributed by atoms with van der Waals surface area (Å²) in [6, 6.07) is 6.42. The van der Waals surface area contributed by atoms with Crippen LogP contribution < -0.4 is 5.32 Å². The van der Waals surface area contributed by atoms with Crippen molar-refractivity contribution in [2.75, 3.05) is 26.0 Å². The van der Waals surface area contributed by atoms with Gasteiger partial charge in [0.15, 0.2) is 0 Å². The van der Waals surface area contributed by atoms with E-state index < -0.39 is 20.0 Å². The van der Waals surface area contributed by atoms with Gasteiger partial charge >= 0.3 is 7.82 Å². The monoisotopic (exact) mass is 540 g/mol. The number of carbonyl (C=O) groups is 1. The van der Waals surface area contributed by atoms with E-state index in [1.165, 1.54) is 36.0 Å². The van der Waals surface area contributed by atoms with Gasteiger partial charge in [-0.15, -0.1) is 0 Å². The Labute approximate surface area is 217 Å². The molecule has 0 aliphatic rings. The van der Waals surface area contributed by atoms with Crippen LogP contribution in [0.2, 0.25) is 0 Å². The fourth-order valence-corrected chi connectivity index (χ4v) is 4.34. The summed E-state index contributed by atoms with van der Waals surface area (Å²) in [4.78, 5) is 45.1. The average molecular weight is 540 g/mol. The highest BCUT2D eigenvalue weighted by atomic mass is 31.2. The number of hydrogen-bond donors (Lipinski definition) is 3. The number of fused-ring (bicyclic) bond motifs is 1. The molecule has 0 saturated carbocycles. The first kappa shape index (κ1) is 27.2. The Kier molecular flexibility index (Phi) is 8.10. The van der Waals surface area contributed by atoms with Crippen molar-refractivity contribution in [3.63, 3.8) is 0 Å². The molecule has 4 aromatic rings. The lowest BCUT2D eigenvalue weighted by atomic mass is 10.0. The summed E-state index contributed by atoms with van der Waals surface area (Å²) in [6.45, 7) is 2.09. The molecule has 3 N–H and O–H groups in total. The standard InChI is InChI=1S/C25H26FN6O5P/c1-16(37-38(34,35)36)32-15-22(17-6-7-28-23(26)11-17)21-10-19(13-29-25(21)32)18-9-20(14-27-12-18)30-24(33)5-4-8-31(2)3/h4-7,9-16H,8H2,1-3H3,(H,30,33)(H2,34,35,36). The van der Waals surface area contributed by atoms with E-state index >= 15 is 0 Å². The van der Waals surface area contributed by atoms with E-state index in [1.54, 1.807) is 42.9 Å². The third-order valence-corrected chi connectivity index (χ3v) is 6.05. The predicted octanol–water partition coefficient (Wildman–Crippen LogP) is 3.98. The maximum atomic E-state index is 13.9. The maximum Gasteiger partial charge on any atom is 0.471 e. The number of likely N-dealkylation sites (N-methyl/N-ethyl adjacent to an activating group) is 1. The van der Waals surface area contributed by atoms with Gasteiger partial charge in [0, 0.05) is 65.6 Å². The Morgan fingerprint density at radius 2 is 1.95 bits per heavy atom. The van der Waals surface area contributed by atoms with Gasteiger partial charge in [0.2, 0.25) is 11.9 Å². The van der Waals surface area contributed by atoms with Gasteiger partial charge in [-0.25, -0.2) is 14.5 Å². The first-order valence-electron chi connectivity index (χ1n) is 11.4. The number of pyridine rings is 3. The SMILES string of the molecule is CC(OP(=O)(O)O)n1cc(-c2ccnc(F)c2)c2cc(-c3cncc(NC(=O)C=CCN(C)C)c3)cnc21. The average Bonchev–Trinajstić information content (AvgIpc) is 3.22. The predicted molar refractivity (Wildman–Crippen MR) is 140 cm³/mol. The number of phosphoric ester groups is 1. The molecule has 1 amide bonds. The van der Waals surface area contributed by atoms with Gasteiger partial charge in [-0.2, -0.15) is 4.39 Å². The lowest BCUT2D eigenvalue weighted by Gasteiger charge is -2.16. The van der Waals surface area contributed by atoms with Gasteiger partial charge in [-0.1, -0.05) is 6.08 Å². The van der Waals surface area contributed by atoms with Crippen molar-refractivity contribution in [3.8, 4) is 22.3 Å². The first-order chi connectivity index (χ1) is 18.0. The zero-order valence-corrected chi connectivity index (χ0v) is 21.7. The number of halogens is 1. The lowest BCUT2D eigenvalue weighted by Crippen LogP contribution is -2.13. The van der Waals surface area contributed by atoms with Gasteiger partial charge in [0.25, 0.3) is 0 Å². The van der Waals surface area contributed by atoms with Crippen LogP contribution in [-0.4, -0.2) is 60.8 Å². The van der Waals surface area contributed by atoms with Crippen LogP contribution >= 0.6 is 7.82 Å². The minimum atomic E-state index is -4.79. The highest BCUT2D eigenvalue weighted by molar-refractivity contribution is 7.46. The molecule has 0 radical (unpaired) electrons. The summed E-state index contributed by atoms with van der Waals surface area (Å²) in [7, 11) is -0.992. The quantitative estimate of drug-likeness (QED) is 0.163. The van der Waals surface area contributed by atoms with Crippen LogP contribution in [0, 0.1) is 5.95 Å². The van der Waals surface area contributed by atoms with Gasteiger partial charge in [-0.05, 0) is 44.8 Å². The summed E-state index contributed by atoms with van der Waals surface area (Å²) in [5.41, 5.74) is 3.22. The molecule has 4 rings (SSSR count). The highest BCUT2D eigenvalue weighted by Crippen LogP contribution is 2.42. The largest absolute Gasteiger partial charge is 0.471 e. The van der Waals surface area contributed by atoms with E-state index in [2.05, 4.69) is 20.3 Å². The number of hydrogen-bond acceptors (Lipinski definition) is 7. The van der Waals surface area contributed by atoms with Crippen molar-refractivity contribution in [2.24, 2.45) is 0 Å². The van der Waals surface area contributed by atoms with Crippen molar-refractivity contribution in [2.45, 2.75) is 13.2 Å². The lowest BCUT2D eigenvalue weighted by molar-refractivity contribution is -0.111. The summed E-state index contributed by atoms with van der Waals surface area (Å²) >= 11 is 0. The normalized spacial score (nSPS) is 12.9. The summed E-state index contributed by atoms with van der Waals surface area (Å²) in [5.74, 6) is -0.975. The van der Waals surface area contributed by atoms with Crippen molar-refractivity contribution in [3.05, 3.63) is 73.3 Å². The minimum Gasteiger partial charge on any atom is -0.321 e. The molecular weight excluding hydrogens is 514 g/mol. The summed E-state index contributed by atoms with van der Waals surface area (Å²) < 4.78 is 31.7. The van der Waals surface area contributed by atoms with Crippen molar-refractivity contribution in [1.82, 2.24) is 24.4 Å². The minimum absolute atomic E-state index is 0.294. The van der Waals surface area contributed by atoms with E-state index in [0.29, 0.717) is 45.5 Å². The molecule has 0 aromatic carbocycles. The Morgan fingerprint density at radius 1 is 1.18 bits per heavy atom. The van der Waals surface area contributed by atoms with Crippen LogP contribution in [0.3, 0.4) is 0 Å². The van der Waals surface area contributed by atoms with Crippen molar-refractivity contribution >= 4 is 30.5 Å². The highest BCUT2D eigenvalue weighted by Gasteiger charge is 2.23. The van der Waals surface area contributed by atoms with Crippen LogP contribution in [0.15, 0.2) is 67.4 Å². The van der Waals surface area contributed by atoms with Gasteiger partial charge in [0.05, 0.1) is 11.9 Å². The number of phosphoric acid groups is 1. The molecule has 11 nitrogen and oxygen atoms in total. The molecule has 13 heteroatoms.